The lowest BCUT2D eigenvalue weighted by Gasteiger charge is -2.12. The van der Waals surface area contributed by atoms with Crippen molar-refractivity contribution in [2.24, 2.45) is 0 Å². The maximum absolute atomic E-state index is 12.1. The fourth-order valence-electron chi connectivity index (χ4n) is 2.52. The molecule has 1 aromatic heterocycles. The van der Waals surface area contributed by atoms with E-state index in [-0.39, 0.29) is 18.1 Å². The van der Waals surface area contributed by atoms with Gasteiger partial charge < -0.3 is 9.84 Å². The topological polar surface area (TPSA) is 59.4 Å². The molecule has 0 unspecified atom stereocenters. The predicted molar refractivity (Wildman–Crippen MR) is 89.5 cm³/mol. The summed E-state index contributed by atoms with van der Waals surface area (Å²) >= 11 is 0. The zero-order valence-electron chi connectivity index (χ0n) is 13.0. The minimum Gasteiger partial charge on any atom is -0.505 e. The molecule has 0 bridgehead atoms. The summed E-state index contributed by atoms with van der Waals surface area (Å²) in [4.78, 5) is 16.5. The number of esters is 1. The number of fused-ring (bicyclic) bond motifs is 1. The number of carbonyl (C=O) groups is 1. The second-order valence-electron chi connectivity index (χ2n) is 5.29. The normalized spacial score (nSPS) is 10.7. The van der Waals surface area contributed by atoms with Crippen LogP contribution in [0.3, 0.4) is 0 Å². The van der Waals surface area contributed by atoms with Gasteiger partial charge in [0.25, 0.3) is 0 Å². The third kappa shape index (κ3) is 2.75. The molecule has 23 heavy (non-hydrogen) atoms. The minimum atomic E-state index is -0.621. The number of aromatic nitrogens is 1. The second-order valence-corrected chi connectivity index (χ2v) is 5.29. The summed E-state index contributed by atoms with van der Waals surface area (Å²) in [5, 5.41) is 11.8. The number of nitrogens with zero attached hydrogens (tertiary/aromatic N) is 1. The zero-order valence-corrected chi connectivity index (χ0v) is 13.0. The maximum atomic E-state index is 12.1. The Hall–Kier alpha value is -2.88. The van der Waals surface area contributed by atoms with E-state index in [1.54, 1.807) is 13.0 Å². The van der Waals surface area contributed by atoms with Crippen molar-refractivity contribution in [2.45, 2.75) is 13.8 Å². The highest BCUT2D eigenvalue weighted by Crippen LogP contribution is 2.34. The molecular formula is C19H17NO3. The van der Waals surface area contributed by atoms with Crippen molar-refractivity contribution in [1.82, 2.24) is 4.98 Å². The third-order valence-electron chi connectivity index (χ3n) is 3.68. The van der Waals surface area contributed by atoms with Gasteiger partial charge in [-0.1, -0.05) is 54.1 Å². The summed E-state index contributed by atoms with van der Waals surface area (Å²) in [6.07, 6.45) is 0. The molecule has 4 heteroatoms. The number of benzene rings is 2. The van der Waals surface area contributed by atoms with Crippen molar-refractivity contribution in [3.05, 3.63) is 59.8 Å². The molecule has 0 amide bonds. The first-order chi connectivity index (χ1) is 11.1. The fraction of sp³-hybridized carbons (Fsp3) is 0.158. The van der Waals surface area contributed by atoms with Crippen molar-refractivity contribution in [3.63, 3.8) is 0 Å². The van der Waals surface area contributed by atoms with E-state index in [9.17, 15) is 9.90 Å². The number of hydrogen-bond acceptors (Lipinski definition) is 4. The van der Waals surface area contributed by atoms with Gasteiger partial charge in [-0.2, -0.15) is 0 Å². The Balaban J connectivity index is 2.29. The number of ether oxygens (including phenoxy) is 1. The van der Waals surface area contributed by atoms with Gasteiger partial charge in [-0.15, -0.1) is 0 Å². The van der Waals surface area contributed by atoms with Crippen LogP contribution in [0.4, 0.5) is 0 Å². The Morgan fingerprint density at radius 2 is 1.74 bits per heavy atom. The van der Waals surface area contributed by atoms with Gasteiger partial charge in [-0.25, -0.2) is 9.78 Å². The first-order valence-corrected chi connectivity index (χ1v) is 7.47. The Kier molecular flexibility index (Phi) is 3.98. The van der Waals surface area contributed by atoms with Crippen LogP contribution in [-0.4, -0.2) is 22.7 Å². The van der Waals surface area contributed by atoms with Crippen molar-refractivity contribution in [2.75, 3.05) is 6.61 Å². The zero-order chi connectivity index (χ0) is 16.4. The molecule has 0 fully saturated rings. The molecule has 1 heterocycles. The number of carbonyl (C=O) groups excluding carboxylic acids is 1. The summed E-state index contributed by atoms with van der Waals surface area (Å²) in [7, 11) is 0. The molecule has 0 aliphatic carbocycles. The predicted octanol–water partition coefficient (Wildman–Crippen LogP) is 4.09. The molecule has 2 aromatic carbocycles. The Labute approximate surface area is 134 Å². The number of aryl methyl sites for hydroxylation is 1. The highest BCUT2D eigenvalue weighted by Gasteiger charge is 2.20. The van der Waals surface area contributed by atoms with E-state index >= 15 is 0 Å². The van der Waals surface area contributed by atoms with Gasteiger partial charge >= 0.3 is 5.97 Å². The van der Waals surface area contributed by atoms with Crippen LogP contribution in [0.1, 0.15) is 23.0 Å². The van der Waals surface area contributed by atoms with Crippen LogP contribution in [0.15, 0.2) is 48.5 Å². The summed E-state index contributed by atoms with van der Waals surface area (Å²) in [5.41, 5.74) is 2.63. The quantitative estimate of drug-likeness (QED) is 0.740. The van der Waals surface area contributed by atoms with E-state index in [1.165, 1.54) is 0 Å². The van der Waals surface area contributed by atoms with E-state index in [1.807, 2.05) is 49.4 Å². The highest BCUT2D eigenvalue weighted by atomic mass is 16.5. The summed E-state index contributed by atoms with van der Waals surface area (Å²) in [6.45, 7) is 3.96. The van der Waals surface area contributed by atoms with Gasteiger partial charge in [-0.3, -0.25) is 0 Å². The second kappa shape index (κ2) is 6.08. The van der Waals surface area contributed by atoms with Gasteiger partial charge in [0.1, 0.15) is 0 Å². The van der Waals surface area contributed by atoms with Crippen LogP contribution in [0.2, 0.25) is 0 Å². The summed E-state index contributed by atoms with van der Waals surface area (Å²) in [5.74, 6) is -0.765. The minimum absolute atomic E-state index is 0.0545. The maximum Gasteiger partial charge on any atom is 0.360 e. The number of aromatic hydroxyl groups is 1. The van der Waals surface area contributed by atoms with Crippen LogP contribution in [-0.2, 0) is 4.74 Å². The third-order valence-corrected chi connectivity index (χ3v) is 3.68. The molecule has 3 aromatic rings. The molecule has 116 valence electrons. The Morgan fingerprint density at radius 3 is 2.39 bits per heavy atom. The van der Waals surface area contributed by atoms with Crippen molar-refractivity contribution in [3.8, 4) is 17.0 Å². The molecular weight excluding hydrogens is 290 g/mol. The molecule has 1 N–H and O–H groups in total. The first kappa shape index (κ1) is 15.0. The Morgan fingerprint density at radius 1 is 1.09 bits per heavy atom. The number of hydrogen-bond donors (Lipinski definition) is 1. The van der Waals surface area contributed by atoms with Crippen LogP contribution in [0.5, 0.6) is 5.75 Å². The van der Waals surface area contributed by atoms with Crippen LogP contribution in [0.25, 0.3) is 22.0 Å². The summed E-state index contributed by atoms with van der Waals surface area (Å²) < 4.78 is 5.01. The van der Waals surface area contributed by atoms with Gasteiger partial charge in [-0.05, 0) is 13.8 Å². The smallest absolute Gasteiger partial charge is 0.360 e. The highest BCUT2D eigenvalue weighted by molar-refractivity contribution is 6.04. The van der Waals surface area contributed by atoms with Crippen molar-refractivity contribution >= 4 is 16.7 Å². The molecule has 0 saturated heterocycles. The average molecular weight is 307 g/mol. The monoisotopic (exact) mass is 307 g/mol. The average Bonchev–Trinajstić information content (AvgIpc) is 2.57. The first-order valence-electron chi connectivity index (χ1n) is 7.47. The largest absolute Gasteiger partial charge is 0.505 e. The number of rotatable bonds is 3. The van der Waals surface area contributed by atoms with Gasteiger partial charge in [0, 0.05) is 16.3 Å². The van der Waals surface area contributed by atoms with E-state index in [0.717, 1.165) is 16.5 Å². The van der Waals surface area contributed by atoms with Gasteiger partial charge in [0.05, 0.1) is 12.3 Å². The standard InChI is InChI=1S/C19H17NO3/c1-3-23-19(22)17-18(21)15-7-5-4-6-14(15)16(20-17)13-10-8-12(2)9-11-13/h4-11,21H,3H2,1-2H3. The molecule has 0 saturated carbocycles. The van der Waals surface area contributed by atoms with E-state index < -0.39 is 5.97 Å². The molecule has 3 rings (SSSR count). The van der Waals surface area contributed by atoms with Crippen molar-refractivity contribution in [1.29, 1.82) is 0 Å². The van der Waals surface area contributed by atoms with E-state index in [0.29, 0.717) is 11.1 Å². The molecule has 4 nitrogen and oxygen atoms in total. The molecule has 0 radical (unpaired) electrons. The lowest BCUT2D eigenvalue weighted by atomic mass is 10.0. The van der Waals surface area contributed by atoms with Crippen molar-refractivity contribution < 1.29 is 14.6 Å². The lowest BCUT2D eigenvalue weighted by molar-refractivity contribution is 0.0516. The van der Waals surface area contributed by atoms with Gasteiger partial charge in [0.15, 0.2) is 11.4 Å². The van der Waals surface area contributed by atoms with E-state index in [4.69, 9.17) is 4.74 Å². The molecule has 0 aliphatic heterocycles. The molecule has 0 aliphatic rings. The van der Waals surface area contributed by atoms with E-state index in [2.05, 4.69) is 4.98 Å². The van der Waals surface area contributed by atoms with Crippen LogP contribution < -0.4 is 0 Å². The Bertz CT molecular complexity index is 870. The summed E-state index contributed by atoms with van der Waals surface area (Å²) in [6, 6.07) is 15.2. The van der Waals surface area contributed by atoms with Gasteiger partial charge in [0.2, 0.25) is 0 Å². The van der Waals surface area contributed by atoms with Crippen LogP contribution in [0, 0.1) is 6.92 Å². The molecule has 0 spiro atoms. The lowest BCUT2D eigenvalue weighted by Crippen LogP contribution is -2.08. The SMILES string of the molecule is CCOC(=O)c1nc(-c2ccc(C)cc2)c2ccccc2c1O. The fourth-order valence-corrected chi connectivity index (χ4v) is 2.52. The molecule has 0 atom stereocenters. The van der Waals surface area contributed by atoms with Crippen LogP contribution >= 0.6 is 0 Å². The number of pyridine rings is 1.